The molecule has 0 aromatic carbocycles. The van der Waals surface area contributed by atoms with Crippen LogP contribution in [0.5, 0.6) is 0 Å². The summed E-state index contributed by atoms with van der Waals surface area (Å²) in [4.78, 5) is 4.04. The second-order valence-corrected chi connectivity index (χ2v) is 3.64. The summed E-state index contributed by atoms with van der Waals surface area (Å²) in [5.74, 6) is 0. The number of hydrogen-bond acceptors (Lipinski definition) is 2. The van der Waals surface area contributed by atoms with Crippen LogP contribution in [-0.4, -0.2) is 14.8 Å². The predicted molar refractivity (Wildman–Crippen MR) is 53.8 cm³/mol. The molecule has 0 atom stereocenters. The Morgan fingerprint density at radius 3 is 2.85 bits per heavy atom. The van der Waals surface area contributed by atoms with Crippen molar-refractivity contribution in [1.29, 1.82) is 0 Å². The van der Waals surface area contributed by atoms with E-state index in [-0.39, 0.29) is 0 Å². The molecule has 0 amide bonds. The minimum absolute atomic E-state index is 0.954. The molecule has 2 rings (SSSR count). The number of aryl methyl sites for hydroxylation is 1. The lowest BCUT2D eigenvalue weighted by Gasteiger charge is -2.01. The van der Waals surface area contributed by atoms with E-state index in [1.165, 1.54) is 0 Å². The molecule has 0 N–H and O–H groups in total. The molecule has 0 unspecified atom stereocenters. The Morgan fingerprint density at radius 2 is 2.23 bits per heavy atom. The van der Waals surface area contributed by atoms with Crippen molar-refractivity contribution in [1.82, 2.24) is 14.8 Å². The van der Waals surface area contributed by atoms with Crippen molar-refractivity contribution in [3.63, 3.8) is 0 Å². The summed E-state index contributed by atoms with van der Waals surface area (Å²) in [6.45, 7) is 2.01. The second kappa shape index (κ2) is 3.30. The molecule has 2 aromatic heterocycles. The molecule has 4 heteroatoms. The highest BCUT2D eigenvalue weighted by atomic mass is 79.9. The third kappa shape index (κ3) is 1.62. The van der Waals surface area contributed by atoms with Gasteiger partial charge in [-0.05, 0) is 34.5 Å². The molecule has 0 aliphatic heterocycles. The summed E-state index contributed by atoms with van der Waals surface area (Å²) in [6.07, 6.45) is 7.29. The molecule has 0 bridgehead atoms. The highest BCUT2D eigenvalue weighted by Gasteiger charge is 2.01. The zero-order chi connectivity index (χ0) is 9.26. The van der Waals surface area contributed by atoms with Crippen LogP contribution in [-0.2, 0) is 0 Å². The molecule has 0 spiro atoms. The number of rotatable bonds is 1. The number of hydrogen-bond donors (Lipinski definition) is 0. The number of nitrogens with zero attached hydrogens (tertiary/aromatic N) is 3. The van der Waals surface area contributed by atoms with Gasteiger partial charge in [-0.2, -0.15) is 5.10 Å². The molecule has 2 heterocycles. The van der Waals surface area contributed by atoms with E-state index >= 15 is 0 Å². The summed E-state index contributed by atoms with van der Waals surface area (Å²) in [7, 11) is 0. The topological polar surface area (TPSA) is 30.7 Å². The summed E-state index contributed by atoms with van der Waals surface area (Å²) in [6, 6.07) is 1.90. The van der Waals surface area contributed by atoms with Gasteiger partial charge in [0.1, 0.15) is 0 Å². The van der Waals surface area contributed by atoms with Crippen LogP contribution >= 0.6 is 15.9 Å². The zero-order valence-electron chi connectivity index (χ0n) is 7.11. The molecule has 0 aliphatic rings. The van der Waals surface area contributed by atoms with E-state index in [2.05, 4.69) is 26.0 Å². The van der Waals surface area contributed by atoms with E-state index in [0.717, 1.165) is 15.7 Å². The molecular formula is C9H8BrN3. The summed E-state index contributed by atoms with van der Waals surface area (Å²) < 4.78 is 2.79. The molecule has 0 saturated heterocycles. The lowest BCUT2D eigenvalue weighted by atomic mass is 10.4. The minimum atomic E-state index is 0.954. The Balaban J connectivity index is 2.52. The van der Waals surface area contributed by atoms with Crippen molar-refractivity contribution in [2.24, 2.45) is 0 Å². The minimum Gasteiger partial charge on any atom is -0.262 e. The van der Waals surface area contributed by atoms with Gasteiger partial charge in [-0.25, -0.2) is 4.68 Å². The maximum atomic E-state index is 4.19. The molecule has 0 radical (unpaired) electrons. The molecule has 0 fully saturated rings. The van der Waals surface area contributed by atoms with Gasteiger partial charge in [0.2, 0.25) is 0 Å². The van der Waals surface area contributed by atoms with Crippen LogP contribution < -0.4 is 0 Å². The normalized spacial score (nSPS) is 10.3. The third-order valence-corrected chi connectivity index (χ3v) is 2.38. The first-order valence-corrected chi connectivity index (χ1v) is 4.68. The molecule has 0 saturated carbocycles. The SMILES string of the molecule is Cc1cnn(-c2cnccc2Br)c1. The van der Waals surface area contributed by atoms with Crippen LogP contribution in [0.25, 0.3) is 5.69 Å². The monoisotopic (exact) mass is 237 g/mol. The largest absolute Gasteiger partial charge is 0.262 e. The van der Waals surface area contributed by atoms with E-state index < -0.39 is 0 Å². The lowest BCUT2D eigenvalue weighted by molar-refractivity contribution is 0.869. The van der Waals surface area contributed by atoms with Gasteiger partial charge in [0.05, 0.1) is 18.1 Å². The van der Waals surface area contributed by atoms with E-state index in [9.17, 15) is 0 Å². The zero-order valence-corrected chi connectivity index (χ0v) is 8.69. The van der Waals surface area contributed by atoms with E-state index in [1.54, 1.807) is 17.1 Å². The smallest absolute Gasteiger partial charge is 0.0970 e. The summed E-state index contributed by atoms with van der Waals surface area (Å²) in [5.41, 5.74) is 2.09. The fourth-order valence-electron chi connectivity index (χ4n) is 1.08. The Kier molecular flexibility index (Phi) is 2.14. The van der Waals surface area contributed by atoms with E-state index in [0.29, 0.717) is 0 Å². The molecule has 13 heavy (non-hydrogen) atoms. The molecule has 66 valence electrons. The van der Waals surface area contributed by atoms with Crippen molar-refractivity contribution < 1.29 is 0 Å². The first-order valence-electron chi connectivity index (χ1n) is 3.88. The molecule has 3 nitrogen and oxygen atoms in total. The number of pyridine rings is 1. The van der Waals surface area contributed by atoms with Crippen molar-refractivity contribution in [3.05, 3.63) is 40.9 Å². The van der Waals surface area contributed by atoms with Crippen LogP contribution in [0.3, 0.4) is 0 Å². The molecular weight excluding hydrogens is 230 g/mol. The third-order valence-electron chi connectivity index (χ3n) is 1.71. The van der Waals surface area contributed by atoms with Crippen LogP contribution in [0.2, 0.25) is 0 Å². The van der Waals surface area contributed by atoms with Crippen molar-refractivity contribution >= 4 is 15.9 Å². The maximum Gasteiger partial charge on any atom is 0.0970 e. The standard InChI is InChI=1S/C9H8BrN3/c1-7-4-12-13(6-7)9-5-11-3-2-8(9)10/h2-6H,1H3. The summed E-state index contributed by atoms with van der Waals surface area (Å²) >= 11 is 3.44. The van der Waals surface area contributed by atoms with E-state index in [4.69, 9.17) is 0 Å². The van der Waals surface area contributed by atoms with Gasteiger partial charge in [0, 0.05) is 16.9 Å². The van der Waals surface area contributed by atoms with Crippen LogP contribution in [0.1, 0.15) is 5.56 Å². The fourth-order valence-corrected chi connectivity index (χ4v) is 1.48. The Labute approximate surface area is 84.5 Å². The Hall–Kier alpha value is -1.16. The molecule has 2 aromatic rings. The summed E-state index contributed by atoms with van der Waals surface area (Å²) in [5, 5.41) is 4.19. The van der Waals surface area contributed by atoms with Crippen molar-refractivity contribution in [3.8, 4) is 5.69 Å². The van der Waals surface area contributed by atoms with Gasteiger partial charge in [0.25, 0.3) is 0 Å². The predicted octanol–water partition coefficient (Wildman–Crippen LogP) is 2.34. The molecule has 0 aliphatic carbocycles. The van der Waals surface area contributed by atoms with Crippen LogP contribution in [0.4, 0.5) is 0 Å². The first-order chi connectivity index (χ1) is 6.27. The van der Waals surface area contributed by atoms with Crippen molar-refractivity contribution in [2.75, 3.05) is 0 Å². The number of halogens is 1. The fraction of sp³-hybridized carbons (Fsp3) is 0.111. The highest BCUT2D eigenvalue weighted by molar-refractivity contribution is 9.10. The van der Waals surface area contributed by atoms with Gasteiger partial charge in [0.15, 0.2) is 0 Å². The average molecular weight is 238 g/mol. The maximum absolute atomic E-state index is 4.19. The van der Waals surface area contributed by atoms with Gasteiger partial charge >= 0.3 is 0 Å². The number of aromatic nitrogens is 3. The highest BCUT2D eigenvalue weighted by Crippen LogP contribution is 2.18. The van der Waals surface area contributed by atoms with Gasteiger partial charge < -0.3 is 0 Å². The second-order valence-electron chi connectivity index (χ2n) is 2.79. The quantitative estimate of drug-likeness (QED) is 0.763. The van der Waals surface area contributed by atoms with Crippen LogP contribution in [0, 0.1) is 6.92 Å². The average Bonchev–Trinajstić information content (AvgIpc) is 2.53. The van der Waals surface area contributed by atoms with Gasteiger partial charge in [-0.3, -0.25) is 4.98 Å². The van der Waals surface area contributed by atoms with Crippen molar-refractivity contribution in [2.45, 2.75) is 6.92 Å². The van der Waals surface area contributed by atoms with E-state index in [1.807, 2.05) is 25.4 Å². The Morgan fingerprint density at radius 1 is 1.38 bits per heavy atom. The first kappa shape index (κ1) is 8.44. The van der Waals surface area contributed by atoms with Crippen LogP contribution in [0.15, 0.2) is 35.3 Å². The lowest BCUT2D eigenvalue weighted by Crippen LogP contribution is -1.95. The Bertz CT molecular complexity index is 422. The van der Waals surface area contributed by atoms with Gasteiger partial charge in [-0.15, -0.1) is 0 Å². The van der Waals surface area contributed by atoms with Gasteiger partial charge in [-0.1, -0.05) is 0 Å².